The van der Waals surface area contributed by atoms with Crippen LogP contribution in [0.4, 0.5) is 5.82 Å². The number of nitrogens with zero attached hydrogens (tertiary/aromatic N) is 2. The molecule has 1 heterocycles. The Bertz CT molecular complexity index is 242. The van der Waals surface area contributed by atoms with Crippen LogP contribution in [0.15, 0.2) is 18.3 Å². The first-order chi connectivity index (χ1) is 6.45. The third-order valence-electron chi connectivity index (χ3n) is 2.62. The van der Waals surface area contributed by atoms with Crippen molar-refractivity contribution in [1.29, 1.82) is 0 Å². The van der Waals surface area contributed by atoms with E-state index in [4.69, 9.17) is 0 Å². The molecule has 1 aliphatic rings. The maximum absolute atomic E-state index is 3.98. The van der Waals surface area contributed by atoms with Gasteiger partial charge in [-0.05, 0) is 30.9 Å². The highest BCUT2D eigenvalue weighted by Crippen LogP contribution is 2.24. The summed E-state index contributed by atoms with van der Waals surface area (Å²) in [6.07, 6.45) is 7.22. The Morgan fingerprint density at radius 3 is 2.92 bits per heavy atom. The molecule has 1 fully saturated rings. The van der Waals surface area contributed by atoms with Gasteiger partial charge >= 0.3 is 0 Å². The fourth-order valence-corrected chi connectivity index (χ4v) is 1.86. The average Bonchev–Trinajstić information content (AvgIpc) is 2.69. The van der Waals surface area contributed by atoms with Gasteiger partial charge in [0, 0.05) is 12.7 Å². The summed E-state index contributed by atoms with van der Waals surface area (Å²) in [6.45, 7) is 1.05. The summed E-state index contributed by atoms with van der Waals surface area (Å²) >= 11 is 0. The van der Waals surface area contributed by atoms with Crippen molar-refractivity contribution in [3.63, 3.8) is 0 Å². The second-order valence-electron chi connectivity index (χ2n) is 3.64. The predicted octanol–water partition coefficient (Wildman–Crippen LogP) is 2.08. The van der Waals surface area contributed by atoms with Gasteiger partial charge in [0.25, 0.3) is 0 Å². The summed E-state index contributed by atoms with van der Waals surface area (Å²) in [4.78, 5) is 0. The zero-order valence-electron chi connectivity index (χ0n) is 7.74. The average molecular weight is 177 g/mol. The molecule has 3 heteroatoms. The fourth-order valence-electron chi connectivity index (χ4n) is 1.86. The lowest BCUT2D eigenvalue weighted by Crippen LogP contribution is -2.11. The zero-order valence-corrected chi connectivity index (χ0v) is 7.74. The Labute approximate surface area is 78.6 Å². The van der Waals surface area contributed by atoms with E-state index in [9.17, 15) is 0 Å². The third-order valence-corrected chi connectivity index (χ3v) is 2.62. The Morgan fingerprint density at radius 1 is 1.38 bits per heavy atom. The van der Waals surface area contributed by atoms with Crippen molar-refractivity contribution >= 4 is 5.82 Å². The Morgan fingerprint density at radius 2 is 2.23 bits per heavy atom. The molecule has 1 aliphatic carbocycles. The lowest BCUT2D eigenvalue weighted by Gasteiger charge is -2.09. The van der Waals surface area contributed by atoms with Gasteiger partial charge in [-0.15, -0.1) is 5.10 Å². The molecule has 0 aromatic carbocycles. The third kappa shape index (κ3) is 2.41. The number of anilines is 1. The van der Waals surface area contributed by atoms with Crippen LogP contribution in [0, 0.1) is 5.92 Å². The van der Waals surface area contributed by atoms with Gasteiger partial charge in [-0.25, -0.2) is 0 Å². The molecule has 0 spiro atoms. The van der Waals surface area contributed by atoms with Gasteiger partial charge in [0.2, 0.25) is 0 Å². The predicted molar refractivity (Wildman–Crippen MR) is 52.5 cm³/mol. The molecule has 0 aliphatic heterocycles. The maximum Gasteiger partial charge on any atom is 0.148 e. The summed E-state index contributed by atoms with van der Waals surface area (Å²) in [6, 6.07) is 3.87. The van der Waals surface area contributed by atoms with Gasteiger partial charge < -0.3 is 5.32 Å². The molecule has 13 heavy (non-hydrogen) atoms. The van der Waals surface area contributed by atoms with E-state index in [0.717, 1.165) is 18.3 Å². The molecule has 1 aromatic rings. The van der Waals surface area contributed by atoms with E-state index in [-0.39, 0.29) is 0 Å². The molecule has 0 radical (unpaired) electrons. The van der Waals surface area contributed by atoms with Crippen molar-refractivity contribution in [2.24, 2.45) is 5.92 Å². The van der Waals surface area contributed by atoms with Crippen LogP contribution >= 0.6 is 0 Å². The van der Waals surface area contributed by atoms with Gasteiger partial charge in [0.05, 0.1) is 0 Å². The number of aromatic nitrogens is 2. The molecule has 1 aromatic heterocycles. The number of nitrogens with one attached hydrogen (secondary N) is 1. The summed E-state index contributed by atoms with van der Waals surface area (Å²) in [5.41, 5.74) is 0. The summed E-state index contributed by atoms with van der Waals surface area (Å²) in [5, 5.41) is 11.1. The topological polar surface area (TPSA) is 37.8 Å². The molecule has 0 bridgehead atoms. The van der Waals surface area contributed by atoms with Crippen LogP contribution in [-0.4, -0.2) is 16.7 Å². The van der Waals surface area contributed by atoms with Gasteiger partial charge in [-0.3, -0.25) is 0 Å². The molecular formula is C10H15N3. The minimum atomic E-state index is 0.849. The molecule has 0 saturated heterocycles. The minimum absolute atomic E-state index is 0.849. The normalized spacial score (nSPS) is 17.5. The van der Waals surface area contributed by atoms with Gasteiger partial charge in [-0.1, -0.05) is 12.8 Å². The van der Waals surface area contributed by atoms with Gasteiger partial charge in [0.15, 0.2) is 0 Å². The number of hydrogen-bond acceptors (Lipinski definition) is 3. The second kappa shape index (κ2) is 4.21. The molecule has 0 unspecified atom stereocenters. The van der Waals surface area contributed by atoms with Crippen molar-refractivity contribution in [1.82, 2.24) is 10.2 Å². The first-order valence-electron chi connectivity index (χ1n) is 4.97. The lowest BCUT2D eigenvalue weighted by molar-refractivity contribution is 0.578. The van der Waals surface area contributed by atoms with Gasteiger partial charge in [-0.2, -0.15) is 5.10 Å². The van der Waals surface area contributed by atoms with Crippen molar-refractivity contribution < 1.29 is 0 Å². The monoisotopic (exact) mass is 177 g/mol. The Balaban J connectivity index is 1.79. The summed E-state index contributed by atoms with van der Waals surface area (Å²) in [7, 11) is 0. The van der Waals surface area contributed by atoms with Crippen molar-refractivity contribution in [3.8, 4) is 0 Å². The molecule has 2 rings (SSSR count). The van der Waals surface area contributed by atoms with E-state index < -0.39 is 0 Å². The first-order valence-corrected chi connectivity index (χ1v) is 4.97. The number of rotatable bonds is 3. The van der Waals surface area contributed by atoms with E-state index in [1.807, 2.05) is 12.1 Å². The second-order valence-corrected chi connectivity index (χ2v) is 3.64. The van der Waals surface area contributed by atoms with Crippen molar-refractivity contribution in [2.45, 2.75) is 25.7 Å². The van der Waals surface area contributed by atoms with Crippen LogP contribution in [0.1, 0.15) is 25.7 Å². The molecule has 0 atom stereocenters. The van der Waals surface area contributed by atoms with Crippen LogP contribution in [0.3, 0.4) is 0 Å². The zero-order chi connectivity index (χ0) is 8.93. The maximum atomic E-state index is 3.98. The standard InChI is InChI=1S/C10H15N3/c1-2-5-9(4-1)8-11-10-6-3-7-12-13-10/h3,6-7,9H,1-2,4-5,8H2,(H,11,13). The Kier molecular flexibility index (Phi) is 2.75. The molecule has 70 valence electrons. The van der Waals surface area contributed by atoms with E-state index >= 15 is 0 Å². The highest BCUT2D eigenvalue weighted by Gasteiger charge is 2.14. The molecular weight excluding hydrogens is 162 g/mol. The van der Waals surface area contributed by atoms with Crippen LogP contribution in [0.2, 0.25) is 0 Å². The summed E-state index contributed by atoms with van der Waals surface area (Å²) in [5.74, 6) is 1.75. The molecule has 3 nitrogen and oxygen atoms in total. The van der Waals surface area contributed by atoms with Crippen LogP contribution in [-0.2, 0) is 0 Å². The van der Waals surface area contributed by atoms with E-state index in [0.29, 0.717) is 0 Å². The smallest absolute Gasteiger partial charge is 0.148 e. The Hall–Kier alpha value is -1.12. The molecule has 1 N–H and O–H groups in total. The van der Waals surface area contributed by atoms with Crippen molar-refractivity contribution in [3.05, 3.63) is 18.3 Å². The largest absolute Gasteiger partial charge is 0.368 e. The van der Waals surface area contributed by atoms with Crippen LogP contribution in [0.25, 0.3) is 0 Å². The first kappa shape index (κ1) is 8.48. The van der Waals surface area contributed by atoms with Gasteiger partial charge in [0.1, 0.15) is 5.82 Å². The van der Waals surface area contributed by atoms with E-state index in [2.05, 4.69) is 15.5 Å². The minimum Gasteiger partial charge on any atom is -0.368 e. The summed E-state index contributed by atoms with van der Waals surface area (Å²) < 4.78 is 0. The van der Waals surface area contributed by atoms with E-state index in [1.54, 1.807) is 6.20 Å². The lowest BCUT2D eigenvalue weighted by atomic mass is 10.1. The van der Waals surface area contributed by atoms with Crippen molar-refractivity contribution in [2.75, 3.05) is 11.9 Å². The highest BCUT2D eigenvalue weighted by molar-refractivity contribution is 5.31. The number of hydrogen-bond donors (Lipinski definition) is 1. The quantitative estimate of drug-likeness (QED) is 0.768. The molecule has 0 amide bonds. The molecule has 1 saturated carbocycles. The van der Waals surface area contributed by atoms with E-state index in [1.165, 1.54) is 25.7 Å². The SMILES string of the molecule is c1cnnc(NCC2CCCC2)c1. The van der Waals surface area contributed by atoms with Crippen LogP contribution < -0.4 is 5.32 Å². The fraction of sp³-hybridized carbons (Fsp3) is 0.600. The van der Waals surface area contributed by atoms with Crippen LogP contribution in [0.5, 0.6) is 0 Å². The highest BCUT2D eigenvalue weighted by atomic mass is 15.2.